The van der Waals surface area contributed by atoms with Crippen molar-refractivity contribution in [2.75, 3.05) is 13.2 Å². The van der Waals surface area contributed by atoms with Crippen molar-refractivity contribution in [1.29, 1.82) is 0 Å². The largest absolute Gasteiger partial charge is 0.462 e. The molecule has 0 aliphatic rings. The van der Waals surface area contributed by atoms with E-state index in [1.54, 1.807) is 0 Å². The normalized spacial score (nSPS) is 12.6. The van der Waals surface area contributed by atoms with E-state index in [4.69, 9.17) is 14.2 Å². The number of hydrogen-bond donors (Lipinski definition) is 0. The average molecular weight is 793 g/mol. The van der Waals surface area contributed by atoms with Crippen LogP contribution < -0.4 is 0 Å². The fourth-order valence-corrected chi connectivity index (χ4v) is 7.38. The molecule has 0 saturated heterocycles. The van der Waals surface area contributed by atoms with Crippen LogP contribution in [0.15, 0.2) is 0 Å². The molecule has 0 heterocycles. The summed E-state index contributed by atoms with van der Waals surface area (Å²) < 4.78 is 16.8. The Balaban J connectivity index is 4.32. The highest BCUT2D eigenvalue weighted by Gasteiger charge is 2.19. The molecule has 0 aliphatic heterocycles. The molecule has 0 bridgehead atoms. The molecule has 6 heteroatoms. The standard InChI is InChI=1S/C50H96O6/c1-7-46(6)38-32-26-20-15-16-21-27-33-39-48(51)54-42-47(43-55-49(52)40-34-28-23-17-19-25-31-37-45(4)5)56-50(53)41-35-29-22-14-12-10-8-9-11-13-18-24-30-36-44(2)3/h44-47H,7-43H2,1-6H3/t46?,47-/m0/s1. The summed E-state index contributed by atoms with van der Waals surface area (Å²) in [7, 11) is 0. The van der Waals surface area contributed by atoms with Crippen LogP contribution in [0.25, 0.3) is 0 Å². The molecule has 56 heavy (non-hydrogen) atoms. The topological polar surface area (TPSA) is 78.9 Å². The molecule has 6 nitrogen and oxygen atoms in total. The molecule has 0 fully saturated rings. The van der Waals surface area contributed by atoms with E-state index in [-0.39, 0.29) is 31.1 Å². The van der Waals surface area contributed by atoms with E-state index in [2.05, 4.69) is 41.5 Å². The van der Waals surface area contributed by atoms with Crippen molar-refractivity contribution in [2.45, 2.75) is 272 Å². The number of hydrogen-bond acceptors (Lipinski definition) is 6. The van der Waals surface area contributed by atoms with Gasteiger partial charge in [0.15, 0.2) is 6.10 Å². The lowest BCUT2D eigenvalue weighted by Crippen LogP contribution is -2.30. The molecule has 0 N–H and O–H groups in total. The Morgan fingerprint density at radius 1 is 0.357 bits per heavy atom. The second-order valence-electron chi connectivity index (χ2n) is 18.3. The first kappa shape index (κ1) is 54.4. The van der Waals surface area contributed by atoms with Gasteiger partial charge in [-0.3, -0.25) is 14.4 Å². The molecule has 0 spiro atoms. The van der Waals surface area contributed by atoms with Crippen LogP contribution in [0.1, 0.15) is 266 Å². The summed E-state index contributed by atoms with van der Waals surface area (Å²) >= 11 is 0. The summed E-state index contributed by atoms with van der Waals surface area (Å²) in [4.78, 5) is 37.8. The lowest BCUT2D eigenvalue weighted by molar-refractivity contribution is -0.167. The van der Waals surface area contributed by atoms with Crippen LogP contribution in [0, 0.1) is 17.8 Å². The van der Waals surface area contributed by atoms with E-state index in [9.17, 15) is 14.4 Å². The molecule has 0 aromatic heterocycles. The molecular formula is C50H96O6. The molecule has 0 rings (SSSR count). The van der Waals surface area contributed by atoms with Gasteiger partial charge in [-0.15, -0.1) is 0 Å². The minimum Gasteiger partial charge on any atom is -0.462 e. The number of esters is 3. The monoisotopic (exact) mass is 793 g/mol. The predicted octanol–water partition coefficient (Wildman–Crippen LogP) is 15.6. The van der Waals surface area contributed by atoms with Crippen molar-refractivity contribution in [2.24, 2.45) is 17.8 Å². The van der Waals surface area contributed by atoms with Crippen LogP contribution in [0.5, 0.6) is 0 Å². The molecule has 332 valence electrons. The number of carbonyl (C=O) groups is 3. The molecule has 0 amide bonds. The summed E-state index contributed by atoms with van der Waals surface area (Å²) in [6.07, 6.45) is 39.5. The third kappa shape index (κ3) is 42.0. The Morgan fingerprint density at radius 3 is 0.929 bits per heavy atom. The zero-order valence-corrected chi connectivity index (χ0v) is 38.4. The Labute approximate surface area is 348 Å². The Kier molecular flexibility index (Phi) is 40.4. The Bertz CT molecular complexity index is 870. The van der Waals surface area contributed by atoms with Crippen molar-refractivity contribution in [1.82, 2.24) is 0 Å². The van der Waals surface area contributed by atoms with Crippen molar-refractivity contribution in [3.8, 4) is 0 Å². The lowest BCUT2D eigenvalue weighted by Gasteiger charge is -2.18. The Morgan fingerprint density at radius 2 is 0.625 bits per heavy atom. The van der Waals surface area contributed by atoms with Gasteiger partial charge in [0.1, 0.15) is 13.2 Å². The van der Waals surface area contributed by atoms with E-state index >= 15 is 0 Å². The van der Waals surface area contributed by atoms with Gasteiger partial charge < -0.3 is 14.2 Å². The Hall–Kier alpha value is -1.59. The molecular weight excluding hydrogens is 697 g/mol. The second-order valence-corrected chi connectivity index (χ2v) is 18.3. The molecule has 0 saturated carbocycles. The van der Waals surface area contributed by atoms with Crippen LogP contribution in [0.3, 0.4) is 0 Å². The zero-order valence-electron chi connectivity index (χ0n) is 38.4. The lowest BCUT2D eigenvalue weighted by atomic mass is 9.99. The van der Waals surface area contributed by atoms with Gasteiger partial charge >= 0.3 is 17.9 Å². The maximum absolute atomic E-state index is 12.8. The van der Waals surface area contributed by atoms with Crippen LogP contribution in [0.4, 0.5) is 0 Å². The van der Waals surface area contributed by atoms with Gasteiger partial charge in [-0.05, 0) is 37.0 Å². The van der Waals surface area contributed by atoms with Crippen molar-refractivity contribution >= 4 is 17.9 Å². The van der Waals surface area contributed by atoms with Crippen LogP contribution in [0.2, 0.25) is 0 Å². The number of unbranched alkanes of at least 4 members (excludes halogenated alkanes) is 25. The third-order valence-electron chi connectivity index (χ3n) is 11.5. The van der Waals surface area contributed by atoms with E-state index < -0.39 is 6.10 Å². The van der Waals surface area contributed by atoms with Crippen LogP contribution in [-0.4, -0.2) is 37.2 Å². The van der Waals surface area contributed by atoms with Gasteiger partial charge in [-0.1, -0.05) is 228 Å². The molecule has 2 atom stereocenters. The van der Waals surface area contributed by atoms with Gasteiger partial charge in [-0.2, -0.15) is 0 Å². The molecule has 0 aromatic rings. The fraction of sp³-hybridized carbons (Fsp3) is 0.940. The summed E-state index contributed by atoms with van der Waals surface area (Å²) in [5, 5.41) is 0. The number of ether oxygens (including phenoxy) is 3. The highest BCUT2D eigenvalue weighted by atomic mass is 16.6. The van der Waals surface area contributed by atoms with Gasteiger partial charge in [-0.25, -0.2) is 0 Å². The van der Waals surface area contributed by atoms with Gasteiger partial charge in [0.2, 0.25) is 0 Å². The summed E-state index contributed by atoms with van der Waals surface area (Å²) in [6.45, 7) is 13.7. The average Bonchev–Trinajstić information content (AvgIpc) is 3.16. The molecule has 0 radical (unpaired) electrons. The summed E-state index contributed by atoms with van der Waals surface area (Å²) in [5.74, 6) is 1.61. The second kappa shape index (κ2) is 41.6. The van der Waals surface area contributed by atoms with E-state index in [0.29, 0.717) is 19.3 Å². The SMILES string of the molecule is CCC(C)CCCCCCCCCCC(=O)OC[C@@H](COC(=O)CCCCCCCCCC(C)C)OC(=O)CCCCCCCCCCCCCCCC(C)C. The van der Waals surface area contributed by atoms with Gasteiger partial charge in [0.25, 0.3) is 0 Å². The van der Waals surface area contributed by atoms with Crippen molar-refractivity contribution in [3.63, 3.8) is 0 Å². The van der Waals surface area contributed by atoms with Crippen molar-refractivity contribution in [3.05, 3.63) is 0 Å². The minimum atomic E-state index is -0.762. The third-order valence-corrected chi connectivity index (χ3v) is 11.5. The summed E-state index contributed by atoms with van der Waals surface area (Å²) in [6, 6.07) is 0. The first-order valence-electron chi connectivity index (χ1n) is 24.6. The van der Waals surface area contributed by atoms with E-state index in [1.807, 2.05) is 0 Å². The smallest absolute Gasteiger partial charge is 0.306 e. The van der Waals surface area contributed by atoms with Crippen molar-refractivity contribution < 1.29 is 28.6 Å². The maximum Gasteiger partial charge on any atom is 0.306 e. The van der Waals surface area contributed by atoms with Gasteiger partial charge in [0, 0.05) is 19.3 Å². The van der Waals surface area contributed by atoms with Crippen LogP contribution in [-0.2, 0) is 28.6 Å². The maximum atomic E-state index is 12.8. The highest BCUT2D eigenvalue weighted by Crippen LogP contribution is 2.18. The highest BCUT2D eigenvalue weighted by molar-refractivity contribution is 5.71. The van der Waals surface area contributed by atoms with E-state index in [0.717, 1.165) is 75.5 Å². The summed E-state index contributed by atoms with van der Waals surface area (Å²) in [5.41, 5.74) is 0. The molecule has 0 aliphatic carbocycles. The van der Waals surface area contributed by atoms with Crippen LogP contribution >= 0.6 is 0 Å². The zero-order chi connectivity index (χ0) is 41.3. The van der Waals surface area contributed by atoms with Gasteiger partial charge in [0.05, 0.1) is 0 Å². The fourth-order valence-electron chi connectivity index (χ4n) is 7.38. The van der Waals surface area contributed by atoms with E-state index in [1.165, 1.54) is 148 Å². The number of rotatable bonds is 43. The first-order valence-corrected chi connectivity index (χ1v) is 24.6. The number of carbonyl (C=O) groups excluding carboxylic acids is 3. The minimum absolute atomic E-state index is 0.0660. The predicted molar refractivity (Wildman–Crippen MR) is 238 cm³/mol. The molecule has 0 aromatic carbocycles. The quantitative estimate of drug-likeness (QED) is 0.0348. The molecule has 1 unspecified atom stereocenters. The first-order chi connectivity index (χ1) is 27.1.